The average molecular weight is 456 g/mol. The van der Waals surface area contributed by atoms with E-state index in [0.717, 1.165) is 54.0 Å². The first-order valence-electron chi connectivity index (χ1n) is 11.4. The van der Waals surface area contributed by atoms with Crippen molar-refractivity contribution in [2.45, 2.75) is 36.4 Å². The molecule has 0 spiro atoms. The molecule has 2 aromatic rings. The third-order valence-corrected chi connectivity index (χ3v) is 8.49. The van der Waals surface area contributed by atoms with Crippen LogP contribution in [0.15, 0.2) is 76.2 Å². The lowest BCUT2D eigenvalue weighted by Gasteiger charge is -2.39. The number of fused-ring (bicyclic) bond motifs is 8. The van der Waals surface area contributed by atoms with E-state index in [0.29, 0.717) is 0 Å². The van der Waals surface area contributed by atoms with Crippen LogP contribution in [0.5, 0.6) is 0 Å². The average Bonchev–Trinajstić information content (AvgIpc) is 3.33. The molecule has 5 heterocycles. The molecule has 6 heteroatoms. The summed E-state index contributed by atoms with van der Waals surface area (Å²) >= 11 is 1.85. The number of nitrogens with zero attached hydrogens (tertiary/aromatic N) is 2. The molecule has 5 aliphatic heterocycles. The lowest BCUT2D eigenvalue weighted by atomic mass is 9.86. The number of thioether (sulfide) groups is 1. The minimum Gasteiger partial charge on any atom is -0.481 e. The smallest absolute Gasteiger partial charge is 0.307 e. The van der Waals surface area contributed by atoms with Crippen molar-refractivity contribution in [2.24, 2.45) is 0 Å². The second-order valence-electron chi connectivity index (χ2n) is 9.17. The second-order valence-corrected chi connectivity index (χ2v) is 10.2. The normalized spacial score (nSPS) is 24.5. The predicted molar refractivity (Wildman–Crippen MR) is 129 cm³/mol. The van der Waals surface area contributed by atoms with Crippen molar-refractivity contribution in [3.05, 3.63) is 82.4 Å². The lowest BCUT2D eigenvalue weighted by molar-refractivity contribution is -0.443. The molecule has 33 heavy (non-hydrogen) atoms. The number of allylic oxidation sites excluding steroid dienone is 1. The standard InChI is InChI=1S/C27H22N2O3S/c1-15-17-12-16(13-25(30)31)6-7-20(17)28-10-8-22-18(26(15)28)14-19-23(32-22)9-11-29-21-4-2-3-5-24(21)33-27(19)29/h2-7,12,14,22-23H,1,8-11,13H2/p+1. The van der Waals surface area contributed by atoms with Gasteiger partial charge in [0.1, 0.15) is 0 Å². The van der Waals surface area contributed by atoms with E-state index in [-0.39, 0.29) is 18.6 Å². The van der Waals surface area contributed by atoms with Crippen LogP contribution in [-0.4, -0.2) is 46.7 Å². The first-order chi connectivity index (χ1) is 16.1. The Morgan fingerprint density at radius 2 is 2.09 bits per heavy atom. The number of anilines is 1. The Bertz CT molecular complexity index is 1370. The molecule has 2 atom stereocenters. The Morgan fingerprint density at radius 1 is 1.21 bits per heavy atom. The number of carboxylic acids is 1. The van der Waals surface area contributed by atoms with Gasteiger partial charge in [0.2, 0.25) is 11.4 Å². The van der Waals surface area contributed by atoms with Gasteiger partial charge in [-0.3, -0.25) is 4.79 Å². The number of hydrogen-bond acceptors (Lipinski definition) is 4. The maximum atomic E-state index is 11.2. The zero-order valence-electron chi connectivity index (χ0n) is 18.1. The van der Waals surface area contributed by atoms with Crippen molar-refractivity contribution in [1.82, 2.24) is 0 Å². The van der Waals surface area contributed by atoms with Crippen LogP contribution in [0, 0.1) is 0 Å². The van der Waals surface area contributed by atoms with Crippen LogP contribution >= 0.6 is 11.8 Å². The molecule has 2 unspecified atom stereocenters. The highest BCUT2D eigenvalue weighted by Crippen LogP contribution is 2.52. The van der Waals surface area contributed by atoms with Gasteiger partial charge in [0.15, 0.2) is 6.54 Å². The topological polar surface area (TPSA) is 52.8 Å². The second kappa shape index (κ2) is 6.95. The van der Waals surface area contributed by atoms with Crippen LogP contribution in [0.2, 0.25) is 0 Å². The van der Waals surface area contributed by atoms with E-state index in [1.165, 1.54) is 26.8 Å². The molecule has 0 saturated carbocycles. The third kappa shape index (κ3) is 2.77. The van der Waals surface area contributed by atoms with Crippen LogP contribution in [0.1, 0.15) is 24.0 Å². The molecule has 0 aromatic heterocycles. The van der Waals surface area contributed by atoms with E-state index in [1.807, 2.05) is 30.0 Å². The highest BCUT2D eigenvalue weighted by atomic mass is 32.2. The molecule has 0 fully saturated rings. The van der Waals surface area contributed by atoms with Gasteiger partial charge in [-0.05, 0) is 36.3 Å². The van der Waals surface area contributed by atoms with Crippen LogP contribution in [0.25, 0.3) is 5.57 Å². The van der Waals surface area contributed by atoms with Gasteiger partial charge < -0.3 is 14.7 Å². The number of hydrogen-bond donors (Lipinski definition) is 1. The maximum Gasteiger partial charge on any atom is 0.307 e. The van der Waals surface area contributed by atoms with Gasteiger partial charge >= 0.3 is 5.97 Å². The van der Waals surface area contributed by atoms with Crippen LogP contribution < -0.4 is 4.90 Å². The summed E-state index contributed by atoms with van der Waals surface area (Å²) in [6.07, 6.45) is 4.54. The fraction of sp³-hybridized carbons (Fsp3) is 0.259. The lowest BCUT2D eigenvalue weighted by Crippen LogP contribution is -2.43. The summed E-state index contributed by atoms with van der Waals surface area (Å²) in [6, 6.07) is 14.6. The number of benzene rings is 2. The molecule has 7 rings (SSSR count). The number of ether oxygens (including phenoxy) is 1. The van der Waals surface area contributed by atoms with E-state index in [1.54, 1.807) is 0 Å². The van der Waals surface area contributed by atoms with E-state index in [9.17, 15) is 9.90 Å². The van der Waals surface area contributed by atoms with Crippen LogP contribution in [0.3, 0.4) is 0 Å². The molecule has 0 amide bonds. The Labute approximate surface area is 196 Å². The Morgan fingerprint density at radius 3 is 2.97 bits per heavy atom. The minimum atomic E-state index is -0.816. The van der Waals surface area contributed by atoms with Gasteiger partial charge in [0, 0.05) is 29.5 Å². The van der Waals surface area contributed by atoms with Gasteiger partial charge in [-0.2, -0.15) is 4.58 Å². The summed E-state index contributed by atoms with van der Waals surface area (Å²) < 4.78 is 9.04. The van der Waals surface area contributed by atoms with Gasteiger partial charge in [-0.25, -0.2) is 0 Å². The fourth-order valence-electron chi connectivity index (χ4n) is 5.85. The fourth-order valence-corrected chi connectivity index (χ4v) is 7.09. The Hall–Kier alpha value is -3.09. The summed E-state index contributed by atoms with van der Waals surface area (Å²) in [5.41, 5.74) is 8.85. The summed E-state index contributed by atoms with van der Waals surface area (Å²) in [5.74, 6) is -0.816. The molecule has 5 nitrogen and oxygen atoms in total. The van der Waals surface area contributed by atoms with E-state index >= 15 is 0 Å². The summed E-state index contributed by atoms with van der Waals surface area (Å²) in [4.78, 5) is 15.0. The maximum absolute atomic E-state index is 11.2. The first kappa shape index (κ1) is 19.4. The van der Waals surface area contributed by atoms with Crippen molar-refractivity contribution in [3.8, 4) is 0 Å². The van der Waals surface area contributed by atoms with Gasteiger partial charge in [-0.1, -0.05) is 36.5 Å². The highest BCUT2D eigenvalue weighted by Gasteiger charge is 2.47. The molecule has 1 N–H and O–H groups in total. The molecule has 2 aromatic carbocycles. The van der Waals surface area contributed by atoms with Crippen molar-refractivity contribution < 1.29 is 19.2 Å². The molecular weight excluding hydrogens is 432 g/mol. The zero-order chi connectivity index (χ0) is 22.3. The molecule has 0 bridgehead atoms. The van der Waals surface area contributed by atoms with E-state index in [4.69, 9.17) is 4.74 Å². The van der Waals surface area contributed by atoms with Crippen molar-refractivity contribution in [3.63, 3.8) is 0 Å². The molecule has 164 valence electrons. The quantitative estimate of drug-likeness (QED) is 0.663. The predicted octanol–water partition coefficient (Wildman–Crippen LogP) is 4.75. The van der Waals surface area contributed by atoms with Crippen molar-refractivity contribution in [1.29, 1.82) is 0 Å². The number of carboxylic acid groups (broad SMARTS) is 1. The highest BCUT2D eigenvalue weighted by molar-refractivity contribution is 8.03. The molecule has 0 saturated heterocycles. The largest absolute Gasteiger partial charge is 0.481 e. The monoisotopic (exact) mass is 455 g/mol. The number of para-hydroxylation sites is 1. The minimum absolute atomic E-state index is 0.0237. The number of carbonyl (C=O) groups is 1. The number of rotatable bonds is 2. The van der Waals surface area contributed by atoms with Crippen LogP contribution in [0.4, 0.5) is 11.4 Å². The SMILES string of the molecule is C=C1C2=[N+](CCC3OC4CCN5C(=C4C=C23)Sc2ccccc25)c2ccc(CC(=O)O)cc21. The number of aliphatic carboxylic acids is 1. The molecule has 0 radical (unpaired) electrons. The first-order valence-corrected chi connectivity index (χ1v) is 12.2. The van der Waals surface area contributed by atoms with Crippen LogP contribution in [-0.2, 0) is 16.0 Å². The zero-order valence-corrected chi connectivity index (χ0v) is 18.9. The van der Waals surface area contributed by atoms with Crippen molar-refractivity contribution >= 4 is 40.4 Å². The molecule has 5 aliphatic rings. The van der Waals surface area contributed by atoms with Gasteiger partial charge in [0.05, 0.1) is 46.1 Å². The van der Waals surface area contributed by atoms with E-state index in [2.05, 4.69) is 46.4 Å². The molecule has 0 aliphatic carbocycles. The van der Waals surface area contributed by atoms with Crippen molar-refractivity contribution in [2.75, 3.05) is 18.0 Å². The summed E-state index contributed by atoms with van der Waals surface area (Å²) in [7, 11) is 0. The third-order valence-electron chi connectivity index (χ3n) is 7.28. The Kier molecular flexibility index (Phi) is 4.08. The van der Waals surface area contributed by atoms with Gasteiger partial charge in [0.25, 0.3) is 0 Å². The summed E-state index contributed by atoms with van der Waals surface area (Å²) in [6.45, 7) is 6.30. The van der Waals surface area contributed by atoms with Gasteiger partial charge in [-0.15, -0.1) is 0 Å². The Balaban J connectivity index is 1.33. The molecular formula is C27H23N2O3S+. The summed E-state index contributed by atoms with van der Waals surface area (Å²) in [5, 5.41) is 10.5. The van der Waals surface area contributed by atoms with E-state index < -0.39 is 5.97 Å².